The summed E-state index contributed by atoms with van der Waals surface area (Å²) in [5, 5.41) is 47.4. The molecule has 0 spiro atoms. The second-order valence-electron chi connectivity index (χ2n) is 15.0. The van der Waals surface area contributed by atoms with Crippen molar-refractivity contribution in [3.05, 3.63) is 117 Å². The van der Waals surface area contributed by atoms with E-state index in [0.717, 1.165) is 160 Å². The van der Waals surface area contributed by atoms with Gasteiger partial charge in [-0.05, 0) is 98.4 Å². The molecule has 0 saturated carbocycles. The summed E-state index contributed by atoms with van der Waals surface area (Å²) >= 11 is 0. The van der Waals surface area contributed by atoms with Crippen molar-refractivity contribution in [3.8, 4) is 23.0 Å². The molecule has 282 valence electrons. The van der Waals surface area contributed by atoms with E-state index in [2.05, 4.69) is 39.8 Å². The summed E-state index contributed by atoms with van der Waals surface area (Å²) in [5.74, 6) is 1.29. The van der Waals surface area contributed by atoms with Gasteiger partial charge < -0.3 is 20.4 Å². The Morgan fingerprint density at radius 3 is 1.00 bits per heavy atom. The monoisotopic (exact) mass is 706 g/mol. The van der Waals surface area contributed by atoms with Crippen molar-refractivity contribution < 1.29 is 20.4 Å². The number of unbranched alkanes of at least 4 members (excludes halogenated alkanes) is 8. The SMILES string of the molecule is CCCCc1cccc(CCCCCCCC(c2cccc(CCCC)c2O)(c2cccc(CCCC)c2O)c2cccc(CCCC)c2O)c1O. The van der Waals surface area contributed by atoms with Gasteiger partial charge in [-0.1, -0.05) is 152 Å². The fraction of sp³-hybridized carbons (Fsp3) is 0.500. The minimum Gasteiger partial charge on any atom is -0.507 e. The van der Waals surface area contributed by atoms with Crippen LogP contribution in [0.3, 0.4) is 0 Å². The smallest absolute Gasteiger partial charge is 0.123 e. The number of phenolic OH excluding ortho intramolecular Hbond substituents is 4. The van der Waals surface area contributed by atoms with Crippen molar-refractivity contribution in [1.82, 2.24) is 0 Å². The molecule has 0 saturated heterocycles. The number of aryl methyl sites for hydroxylation is 5. The number of hydrogen-bond acceptors (Lipinski definition) is 4. The highest BCUT2D eigenvalue weighted by molar-refractivity contribution is 5.64. The number of rotatable bonds is 23. The predicted molar refractivity (Wildman–Crippen MR) is 218 cm³/mol. The molecule has 0 aliphatic rings. The van der Waals surface area contributed by atoms with Crippen molar-refractivity contribution in [1.29, 1.82) is 0 Å². The van der Waals surface area contributed by atoms with E-state index in [9.17, 15) is 20.4 Å². The molecule has 4 nitrogen and oxygen atoms in total. The molecular weight excluding hydrogens is 641 g/mol. The van der Waals surface area contributed by atoms with Crippen LogP contribution in [-0.4, -0.2) is 20.4 Å². The fourth-order valence-corrected chi connectivity index (χ4v) is 8.00. The molecule has 0 bridgehead atoms. The molecule has 0 aliphatic carbocycles. The summed E-state index contributed by atoms with van der Waals surface area (Å²) < 4.78 is 0. The van der Waals surface area contributed by atoms with Crippen LogP contribution >= 0.6 is 0 Å². The van der Waals surface area contributed by atoms with E-state index in [1.54, 1.807) is 0 Å². The molecule has 4 aromatic rings. The lowest BCUT2D eigenvalue weighted by Crippen LogP contribution is -2.31. The Kier molecular flexibility index (Phi) is 16.5. The van der Waals surface area contributed by atoms with Gasteiger partial charge in [-0.2, -0.15) is 0 Å². The Morgan fingerprint density at radius 1 is 0.346 bits per heavy atom. The maximum absolute atomic E-state index is 12.2. The van der Waals surface area contributed by atoms with E-state index in [-0.39, 0.29) is 17.2 Å². The van der Waals surface area contributed by atoms with Crippen molar-refractivity contribution in [3.63, 3.8) is 0 Å². The molecule has 0 atom stereocenters. The first-order chi connectivity index (χ1) is 25.3. The Morgan fingerprint density at radius 2 is 0.635 bits per heavy atom. The Balaban J connectivity index is 1.72. The van der Waals surface area contributed by atoms with Gasteiger partial charge in [-0.15, -0.1) is 0 Å². The molecule has 0 fully saturated rings. The molecular formula is C48H66O4. The minimum absolute atomic E-state index is 0.272. The quantitative estimate of drug-likeness (QED) is 0.0457. The van der Waals surface area contributed by atoms with Crippen LogP contribution in [0.5, 0.6) is 23.0 Å². The zero-order valence-corrected chi connectivity index (χ0v) is 32.7. The van der Waals surface area contributed by atoms with E-state index in [4.69, 9.17) is 0 Å². The highest BCUT2D eigenvalue weighted by Gasteiger charge is 2.43. The molecule has 0 radical (unpaired) electrons. The first-order valence-corrected chi connectivity index (χ1v) is 20.6. The van der Waals surface area contributed by atoms with Gasteiger partial charge in [-0.3, -0.25) is 0 Å². The largest absolute Gasteiger partial charge is 0.507 e. The van der Waals surface area contributed by atoms with Crippen LogP contribution in [-0.2, 0) is 37.5 Å². The highest BCUT2D eigenvalue weighted by atomic mass is 16.3. The van der Waals surface area contributed by atoms with Gasteiger partial charge in [0.25, 0.3) is 0 Å². The van der Waals surface area contributed by atoms with Gasteiger partial charge in [0.1, 0.15) is 23.0 Å². The summed E-state index contributed by atoms with van der Waals surface area (Å²) in [7, 11) is 0. The average molecular weight is 707 g/mol. The second-order valence-corrected chi connectivity index (χ2v) is 15.0. The predicted octanol–water partition coefficient (Wildman–Crippen LogP) is 12.8. The first-order valence-electron chi connectivity index (χ1n) is 20.6. The molecule has 0 aromatic heterocycles. The highest BCUT2D eigenvalue weighted by Crippen LogP contribution is 2.53. The number of para-hydroxylation sites is 4. The maximum atomic E-state index is 12.2. The van der Waals surface area contributed by atoms with E-state index in [1.807, 2.05) is 60.7 Å². The maximum Gasteiger partial charge on any atom is 0.123 e. The summed E-state index contributed by atoms with van der Waals surface area (Å²) in [6.07, 6.45) is 17.9. The Bertz CT molecular complexity index is 1530. The van der Waals surface area contributed by atoms with Crippen molar-refractivity contribution in [2.45, 2.75) is 155 Å². The number of phenols is 4. The lowest BCUT2D eigenvalue weighted by molar-refractivity contribution is 0.395. The van der Waals surface area contributed by atoms with Gasteiger partial charge in [0.15, 0.2) is 0 Å². The van der Waals surface area contributed by atoms with Crippen LogP contribution in [0, 0.1) is 0 Å². The molecule has 4 heteroatoms. The van der Waals surface area contributed by atoms with Gasteiger partial charge >= 0.3 is 0 Å². The van der Waals surface area contributed by atoms with Crippen LogP contribution in [0.4, 0.5) is 0 Å². The Hall–Kier alpha value is -3.92. The summed E-state index contributed by atoms with van der Waals surface area (Å²) in [5.41, 5.74) is 6.14. The van der Waals surface area contributed by atoms with Crippen LogP contribution < -0.4 is 0 Å². The lowest BCUT2D eigenvalue weighted by Gasteiger charge is -2.38. The summed E-state index contributed by atoms with van der Waals surface area (Å²) in [4.78, 5) is 0. The van der Waals surface area contributed by atoms with Crippen LogP contribution in [0.1, 0.15) is 162 Å². The van der Waals surface area contributed by atoms with E-state index in [0.29, 0.717) is 12.2 Å². The third-order valence-electron chi connectivity index (χ3n) is 11.1. The average Bonchev–Trinajstić information content (AvgIpc) is 3.15. The number of aromatic hydroxyl groups is 4. The topological polar surface area (TPSA) is 80.9 Å². The molecule has 4 rings (SSSR count). The molecule has 0 amide bonds. The van der Waals surface area contributed by atoms with Crippen molar-refractivity contribution >= 4 is 0 Å². The fourth-order valence-electron chi connectivity index (χ4n) is 8.00. The van der Waals surface area contributed by atoms with Crippen LogP contribution in [0.15, 0.2) is 72.8 Å². The summed E-state index contributed by atoms with van der Waals surface area (Å²) in [6, 6.07) is 24.4. The van der Waals surface area contributed by atoms with Crippen LogP contribution in [0.25, 0.3) is 0 Å². The van der Waals surface area contributed by atoms with E-state index in [1.165, 1.54) is 0 Å². The normalized spacial score (nSPS) is 11.7. The van der Waals surface area contributed by atoms with E-state index < -0.39 is 5.41 Å². The standard InChI is InChI=1S/C48H66O4/c1-5-9-22-36-27-18-28-37(44(36)49)26-16-14-13-15-17-35-48(41-32-19-29-38(45(41)50)23-10-6-2,42-33-20-30-39(46(42)51)24-11-7-3)43-34-21-31-40(47(43)52)25-12-8-4/h18-21,27-34,49-52H,5-17,22-26,35H2,1-4H3. The van der Waals surface area contributed by atoms with E-state index >= 15 is 0 Å². The molecule has 0 aliphatic heterocycles. The molecule has 4 aromatic carbocycles. The number of hydrogen-bond donors (Lipinski definition) is 4. The molecule has 0 unspecified atom stereocenters. The molecule has 52 heavy (non-hydrogen) atoms. The minimum atomic E-state index is -0.963. The van der Waals surface area contributed by atoms with Gasteiger partial charge in [0.05, 0.1) is 5.41 Å². The lowest BCUT2D eigenvalue weighted by atomic mass is 9.64. The second kappa shape index (κ2) is 20.9. The zero-order chi connectivity index (χ0) is 37.3. The number of benzene rings is 4. The van der Waals surface area contributed by atoms with Gasteiger partial charge in [0, 0.05) is 16.7 Å². The van der Waals surface area contributed by atoms with Gasteiger partial charge in [0.2, 0.25) is 0 Å². The molecule has 0 heterocycles. The first kappa shape index (κ1) is 40.8. The third-order valence-corrected chi connectivity index (χ3v) is 11.1. The van der Waals surface area contributed by atoms with Crippen LogP contribution in [0.2, 0.25) is 0 Å². The molecule has 4 N–H and O–H groups in total. The van der Waals surface area contributed by atoms with Crippen molar-refractivity contribution in [2.75, 3.05) is 0 Å². The third kappa shape index (κ3) is 9.94. The summed E-state index contributed by atoms with van der Waals surface area (Å²) in [6.45, 7) is 8.67. The van der Waals surface area contributed by atoms with Gasteiger partial charge in [-0.25, -0.2) is 0 Å². The Labute approximate surface area is 315 Å². The zero-order valence-electron chi connectivity index (χ0n) is 32.7. The van der Waals surface area contributed by atoms with Crippen molar-refractivity contribution in [2.24, 2.45) is 0 Å².